The molecule has 2 aliphatic rings. The van der Waals surface area contributed by atoms with E-state index in [1.165, 1.54) is 66.3 Å². The maximum absolute atomic E-state index is 7.55. The van der Waals surface area contributed by atoms with Gasteiger partial charge in [0.15, 0.2) is 11.2 Å². The number of fused-ring (bicyclic) bond motifs is 20. The van der Waals surface area contributed by atoms with Gasteiger partial charge in [0, 0.05) is 55.1 Å². The molecule has 11 aromatic carbocycles. The first kappa shape index (κ1) is 53.9. The molecule has 1 aliphatic heterocycles. The predicted octanol–water partition coefficient (Wildman–Crippen LogP) is 23.4. The first-order chi connectivity index (χ1) is 42.2. The van der Waals surface area contributed by atoms with Crippen LogP contribution in [0.3, 0.4) is 0 Å². The lowest BCUT2D eigenvalue weighted by molar-refractivity contribution is 0.590. The Balaban J connectivity index is 1.12. The van der Waals surface area contributed by atoms with Gasteiger partial charge < -0.3 is 23.2 Å². The second-order valence-corrected chi connectivity index (χ2v) is 28.9. The molecule has 0 saturated carbocycles. The van der Waals surface area contributed by atoms with Gasteiger partial charge in [-0.1, -0.05) is 223 Å². The number of nitrogens with zero attached hydrogens (tertiary/aromatic N) is 3. The molecule has 1 spiro atoms. The average molecular weight is 1140 g/mol. The molecule has 0 bridgehead atoms. The molecule has 0 saturated heterocycles. The highest BCUT2D eigenvalue weighted by Crippen LogP contribution is 2.67. The van der Waals surface area contributed by atoms with Crippen molar-refractivity contribution in [3.05, 3.63) is 269 Å². The van der Waals surface area contributed by atoms with Crippen LogP contribution in [0.15, 0.2) is 233 Å². The summed E-state index contributed by atoms with van der Waals surface area (Å²) in [5.74, 6) is 0. The van der Waals surface area contributed by atoms with Crippen molar-refractivity contribution in [1.82, 2.24) is 4.57 Å². The largest absolute Gasteiger partial charge is 0.454 e. The predicted molar refractivity (Wildman–Crippen MR) is 370 cm³/mol. The maximum Gasteiger partial charge on any atom is 0.160 e. The van der Waals surface area contributed by atoms with Crippen LogP contribution in [0.2, 0.25) is 0 Å². The van der Waals surface area contributed by atoms with Crippen molar-refractivity contribution in [2.75, 3.05) is 9.80 Å². The van der Waals surface area contributed by atoms with Gasteiger partial charge in [0.25, 0.3) is 0 Å². The highest BCUT2D eigenvalue weighted by atomic mass is 16.3. The molecule has 16 rings (SSSR count). The lowest BCUT2D eigenvalue weighted by Gasteiger charge is -2.40. The number of rotatable bonds is 6. The van der Waals surface area contributed by atoms with Crippen LogP contribution in [0.25, 0.3) is 82.5 Å². The van der Waals surface area contributed by atoms with Crippen LogP contribution in [-0.4, -0.2) is 4.57 Å². The zero-order valence-corrected chi connectivity index (χ0v) is 52.5. The van der Waals surface area contributed by atoms with Crippen LogP contribution in [0, 0.1) is 0 Å². The molecule has 0 fully saturated rings. The molecule has 3 aromatic heterocycles. The van der Waals surface area contributed by atoms with Gasteiger partial charge in [-0.15, -0.1) is 0 Å². The molecule has 88 heavy (non-hydrogen) atoms. The summed E-state index contributed by atoms with van der Waals surface area (Å²) in [4.78, 5) is 4.93. The fourth-order valence-corrected chi connectivity index (χ4v) is 14.9. The van der Waals surface area contributed by atoms with E-state index < -0.39 is 5.41 Å². The Bertz CT molecular complexity index is 4800. The minimum absolute atomic E-state index is 0.0456. The van der Waals surface area contributed by atoms with E-state index >= 15 is 0 Å². The number of hydrogen-bond donors (Lipinski definition) is 0. The van der Waals surface area contributed by atoms with E-state index in [1.54, 1.807) is 0 Å². The Morgan fingerprint density at radius 3 is 1.10 bits per heavy atom. The molecular formula is C83H73N3O2. The summed E-state index contributed by atoms with van der Waals surface area (Å²) in [6.45, 7) is 27.5. The van der Waals surface area contributed by atoms with E-state index in [4.69, 9.17) is 8.83 Å². The molecule has 1 aliphatic carbocycles. The summed E-state index contributed by atoms with van der Waals surface area (Å²) in [5, 5.41) is 6.72. The van der Waals surface area contributed by atoms with Crippen LogP contribution >= 0.6 is 0 Å². The maximum atomic E-state index is 7.55. The summed E-state index contributed by atoms with van der Waals surface area (Å²) in [6.07, 6.45) is 0. The van der Waals surface area contributed by atoms with Crippen molar-refractivity contribution in [2.45, 2.75) is 110 Å². The van der Waals surface area contributed by atoms with Crippen molar-refractivity contribution in [1.29, 1.82) is 0 Å². The Morgan fingerprint density at radius 1 is 0.330 bits per heavy atom. The topological polar surface area (TPSA) is 37.7 Å². The second-order valence-electron chi connectivity index (χ2n) is 28.9. The molecular weight excluding hydrogens is 1070 g/mol. The Labute approximate surface area is 516 Å². The van der Waals surface area contributed by atoms with Gasteiger partial charge in [-0.25, -0.2) is 0 Å². The van der Waals surface area contributed by atoms with E-state index in [9.17, 15) is 0 Å². The standard InChI is InChI=1S/C83H73N3O2/c1-79(2,3)50-32-40-54(41-33-50)84(55-42-34-51(35-43-55)80(4,5)6)68-48-64-74(72-60-23-14-19-30-70(60)87-77(68)72)75-65(83(64)62-26-16-18-29-67(62)86-66-28-17-13-22-58(66)59-25-21-27-63(83)76(59)86)49-69(78-73(75)61-24-15-20-31-71(61)88-78)85(56-44-36-52(37-45-56)81(7,8)9)57-46-38-53(39-47-57)82(10,11)12/h13-49H,1-12H3. The van der Waals surface area contributed by atoms with E-state index in [0.717, 1.165) is 94.8 Å². The molecule has 0 amide bonds. The summed E-state index contributed by atoms with van der Waals surface area (Å²) < 4.78 is 17.7. The van der Waals surface area contributed by atoms with Crippen molar-refractivity contribution < 1.29 is 8.83 Å². The molecule has 0 N–H and O–H groups in total. The molecule has 4 heterocycles. The van der Waals surface area contributed by atoms with Gasteiger partial charge in [0.1, 0.15) is 11.2 Å². The fourth-order valence-electron chi connectivity index (χ4n) is 14.9. The van der Waals surface area contributed by atoms with E-state index in [1.807, 2.05) is 0 Å². The van der Waals surface area contributed by atoms with Gasteiger partial charge in [-0.2, -0.15) is 0 Å². The molecule has 5 nitrogen and oxygen atoms in total. The van der Waals surface area contributed by atoms with E-state index in [2.05, 4.69) is 322 Å². The van der Waals surface area contributed by atoms with Crippen molar-refractivity contribution in [2.24, 2.45) is 0 Å². The van der Waals surface area contributed by atoms with Gasteiger partial charge in [0.05, 0.1) is 33.5 Å². The smallest absolute Gasteiger partial charge is 0.160 e. The first-order valence-electron chi connectivity index (χ1n) is 31.3. The Morgan fingerprint density at radius 2 is 0.682 bits per heavy atom. The Kier molecular flexibility index (Phi) is 11.5. The number of aromatic nitrogens is 1. The van der Waals surface area contributed by atoms with Crippen LogP contribution in [0.5, 0.6) is 0 Å². The highest BCUT2D eigenvalue weighted by molar-refractivity contribution is 6.27. The highest BCUT2D eigenvalue weighted by Gasteiger charge is 2.54. The van der Waals surface area contributed by atoms with Gasteiger partial charge >= 0.3 is 0 Å². The summed E-state index contributed by atoms with van der Waals surface area (Å²) >= 11 is 0. The average Bonchev–Trinajstić information content (AvgIpc) is 1.47. The number of hydrogen-bond acceptors (Lipinski definition) is 4. The molecule has 14 aromatic rings. The van der Waals surface area contributed by atoms with Crippen molar-refractivity contribution in [3.8, 4) is 16.8 Å². The zero-order chi connectivity index (χ0) is 60.6. The lowest BCUT2D eigenvalue weighted by atomic mass is 9.65. The van der Waals surface area contributed by atoms with Gasteiger partial charge in [-0.05, 0) is 162 Å². The SMILES string of the molecule is CC(C)(C)c1ccc(N(c2ccc(C(C)(C)C)cc2)c2cc3c(c4c2oc2ccccc24)-c2c(cc(N(c4ccc(C(C)(C)C)cc4)c4ccc(C(C)(C)C)cc4)c4oc5ccccc5c24)C32c3ccccc3-n3c4ccccc4c4cccc2c43)cc1. The molecule has 0 unspecified atom stereocenters. The third-order valence-electron chi connectivity index (χ3n) is 19.4. The summed E-state index contributed by atoms with van der Waals surface area (Å²) in [5.41, 5.74) is 24.1. The number of anilines is 6. The number of furan rings is 2. The van der Waals surface area contributed by atoms with Gasteiger partial charge in [-0.3, -0.25) is 0 Å². The van der Waals surface area contributed by atoms with Crippen LogP contribution in [0.4, 0.5) is 34.1 Å². The minimum Gasteiger partial charge on any atom is -0.454 e. The first-order valence-corrected chi connectivity index (χ1v) is 31.3. The minimum atomic E-state index is -0.927. The quantitative estimate of drug-likeness (QED) is 0.166. The van der Waals surface area contributed by atoms with Gasteiger partial charge in [0.2, 0.25) is 0 Å². The van der Waals surface area contributed by atoms with E-state index in [0.29, 0.717) is 0 Å². The Hall–Kier alpha value is -9.58. The number of benzene rings is 11. The van der Waals surface area contributed by atoms with Crippen molar-refractivity contribution in [3.63, 3.8) is 0 Å². The normalized spacial score (nSPS) is 13.8. The van der Waals surface area contributed by atoms with Crippen molar-refractivity contribution >= 4 is 99.8 Å². The molecule has 0 radical (unpaired) electrons. The third-order valence-corrected chi connectivity index (χ3v) is 19.4. The fraction of sp³-hybridized carbons (Fsp3) is 0.205. The second kappa shape index (κ2) is 18.7. The monoisotopic (exact) mass is 1140 g/mol. The lowest BCUT2D eigenvalue weighted by Crippen LogP contribution is -2.34. The summed E-state index contributed by atoms with van der Waals surface area (Å²) in [6, 6.07) is 84.7. The zero-order valence-electron chi connectivity index (χ0n) is 52.5. The third kappa shape index (κ3) is 7.78. The van der Waals surface area contributed by atoms with Crippen LogP contribution in [0.1, 0.15) is 128 Å². The summed E-state index contributed by atoms with van der Waals surface area (Å²) in [7, 11) is 0. The molecule has 5 heteroatoms. The van der Waals surface area contributed by atoms with Crippen LogP contribution < -0.4 is 9.80 Å². The molecule has 432 valence electrons. The van der Waals surface area contributed by atoms with Crippen LogP contribution in [-0.2, 0) is 27.1 Å². The molecule has 0 atom stereocenters. The van der Waals surface area contributed by atoms with E-state index in [-0.39, 0.29) is 21.7 Å². The number of para-hydroxylation sites is 5.